The molecule has 15 heavy (non-hydrogen) atoms. The van der Waals surface area contributed by atoms with Gasteiger partial charge in [0.1, 0.15) is 0 Å². The predicted octanol–water partition coefficient (Wildman–Crippen LogP) is 2.88. The molecule has 0 bridgehead atoms. The minimum Gasteiger partial charge on any atom is -0.348 e. The number of nitrogens with one attached hydrogen (secondary N) is 1. The summed E-state index contributed by atoms with van der Waals surface area (Å²) in [4.78, 5) is 11.7. The van der Waals surface area contributed by atoms with E-state index in [2.05, 4.69) is 33.8 Å². The third-order valence-electron chi connectivity index (χ3n) is 2.02. The Kier molecular flexibility index (Phi) is 5.12. The van der Waals surface area contributed by atoms with Gasteiger partial charge in [0.25, 0.3) is 5.91 Å². The molecule has 0 fully saturated rings. The molecular weight excluding hydrogens is 321 g/mol. The summed E-state index contributed by atoms with van der Waals surface area (Å²) in [6.07, 6.45) is 6.67. The fourth-order valence-corrected chi connectivity index (χ4v) is 2.46. The lowest BCUT2D eigenvalue weighted by molar-refractivity contribution is 0.0937. The molecule has 1 aromatic rings. The number of terminal acetylenes is 1. The van der Waals surface area contributed by atoms with Crippen LogP contribution in [0.5, 0.6) is 0 Å². The van der Waals surface area contributed by atoms with E-state index in [0.29, 0.717) is 6.42 Å². The number of hydrogen-bond donors (Lipinski definition) is 1. The lowest BCUT2D eigenvalue weighted by atomic mass is 10.1. The van der Waals surface area contributed by atoms with E-state index in [0.717, 1.165) is 14.9 Å². The topological polar surface area (TPSA) is 29.1 Å². The van der Waals surface area contributed by atoms with Crippen molar-refractivity contribution in [3.63, 3.8) is 0 Å². The smallest absolute Gasteiger partial charge is 0.252 e. The van der Waals surface area contributed by atoms with Crippen LogP contribution in [0.15, 0.2) is 11.4 Å². The molecule has 1 amide bonds. The van der Waals surface area contributed by atoms with E-state index in [-0.39, 0.29) is 11.9 Å². The number of carbonyl (C=O) groups is 1. The second kappa shape index (κ2) is 6.13. The van der Waals surface area contributed by atoms with Crippen molar-refractivity contribution < 1.29 is 4.79 Å². The number of hydrogen-bond acceptors (Lipinski definition) is 2. The first-order valence-corrected chi connectivity index (χ1v) is 6.61. The molecule has 1 N–H and O–H groups in total. The zero-order chi connectivity index (χ0) is 11.3. The molecule has 0 aliphatic carbocycles. The van der Waals surface area contributed by atoms with E-state index in [9.17, 15) is 4.79 Å². The zero-order valence-electron chi connectivity index (χ0n) is 8.42. The van der Waals surface area contributed by atoms with E-state index in [4.69, 9.17) is 6.42 Å². The molecule has 2 nitrogen and oxygen atoms in total. The van der Waals surface area contributed by atoms with E-state index < -0.39 is 0 Å². The van der Waals surface area contributed by atoms with E-state index >= 15 is 0 Å². The Morgan fingerprint density at radius 1 is 1.80 bits per heavy atom. The van der Waals surface area contributed by atoms with Crippen molar-refractivity contribution in [2.24, 2.45) is 0 Å². The van der Waals surface area contributed by atoms with Crippen LogP contribution in [0.25, 0.3) is 0 Å². The van der Waals surface area contributed by atoms with Gasteiger partial charge in [-0.1, -0.05) is 6.92 Å². The van der Waals surface area contributed by atoms with Gasteiger partial charge in [-0.3, -0.25) is 4.79 Å². The highest BCUT2D eigenvalue weighted by Gasteiger charge is 2.12. The summed E-state index contributed by atoms with van der Waals surface area (Å²) >= 11 is 3.77. The van der Waals surface area contributed by atoms with E-state index in [1.54, 1.807) is 11.3 Å². The molecule has 1 atom stereocenters. The molecule has 0 aromatic carbocycles. The second-order valence-corrected chi connectivity index (χ2v) is 5.93. The van der Waals surface area contributed by atoms with Crippen LogP contribution in [-0.2, 0) is 0 Å². The third-order valence-corrected chi connectivity index (χ3v) is 3.81. The number of rotatable bonds is 4. The molecule has 0 spiro atoms. The van der Waals surface area contributed by atoms with Crippen LogP contribution in [-0.4, -0.2) is 11.9 Å². The highest BCUT2D eigenvalue weighted by atomic mass is 127. The first-order chi connectivity index (χ1) is 7.17. The molecule has 1 aromatic heterocycles. The van der Waals surface area contributed by atoms with Crippen LogP contribution in [0.2, 0.25) is 0 Å². The Morgan fingerprint density at radius 2 is 2.53 bits per heavy atom. The number of thiophene rings is 1. The summed E-state index contributed by atoms with van der Waals surface area (Å²) in [6, 6.07) is 1.96. The summed E-state index contributed by atoms with van der Waals surface area (Å²) in [7, 11) is 0. The Hall–Kier alpha value is -0.540. The van der Waals surface area contributed by atoms with Gasteiger partial charge in [-0.15, -0.1) is 23.7 Å². The molecule has 0 saturated heterocycles. The van der Waals surface area contributed by atoms with Crippen molar-refractivity contribution in [2.45, 2.75) is 25.8 Å². The van der Waals surface area contributed by atoms with Crippen LogP contribution < -0.4 is 5.32 Å². The molecule has 0 aliphatic rings. The van der Waals surface area contributed by atoms with Gasteiger partial charge in [0, 0.05) is 17.8 Å². The monoisotopic (exact) mass is 333 g/mol. The predicted molar refractivity (Wildman–Crippen MR) is 72.0 cm³/mol. The molecule has 0 saturated carbocycles. The van der Waals surface area contributed by atoms with Crippen molar-refractivity contribution in [3.05, 3.63) is 19.9 Å². The first kappa shape index (κ1) is 12.5. The maximum atomic E-state index is 11.7. The van der Waals surface area contributed by atoms with Crippen molar-refractivity contribution >= 4 is 39.8 Å². The maximum absolute atomic E-state index is 11.7. The minimum absolute atomic E-state index is 0.0312. The normalized spacial score (nSPS) is 11.8. The summed E-state index contributed by atoms with van der Waals surface area (Å²) < 4.78 is 1.11. The van der Waals surface area contributed by atoms with Crippen LogP contribution >= 0.6 is 33.9 Å². The highest BCUT2D eigenvalue weighted by Crippen LogP contribution is 2.16. The Balaban J connectivity index is 2.59. The van der Waals surface area contributed by atoms with E-state index in [1.807, 2.05) is 18.4 Å². The number of halogens is 1. The summed E-state index contributed by atoms with van der Waals surface area (Å²) in [5.74, 6) is 2.54. The van der Waals surface area contributed by atoms with Gasteiger partial charge in [-0.2, -0.15) is 0 Å². The summed E-state index contributed by atoms with van der Waals surface area (Å²) in [6.45, 7) is 2.01. The van der Waals surface area contributed by atoms with Gasteiger partial charge < -0.3 is 5.32 Å². The van der Waals surface area contributed by atoms with Gasteiger partial charge in [-0.05, 0) is 35.1 Å². The molecule has 0 radical (unpaired) electrons. The second-order valence-electron chi connectivity index (χ2n) is 3.13. The van der Waals surface area contributed by atoms with Crippen molar-refractivity contribution in [2.75, 3.05) is 0 Å². The van der Waals surface area contributed by atoms with Gasteiger partial charge in [0.15, 0.2) is 0 Å². The fraction of sp³-hybridized carbons (Fsp3) is 0.364. The fourth-order valence-electron chi connectivity index (χ4n) is 1.14. The van der Waals surface area contributed by atoms with Crippen LogP contribution in [0.1, 0.15) is 30.1 Å². The lowest BCUT2D eigenvalue weighted by Gasteiger charge is -2.13. The maximum Gasteiger partial charge on any atom is 0.252 e. The van der Waals surface area contributed by atoms with Crippen molar-refractivity contribution in [3.8, 4) is 12.3 Å². The lowest BCUT2D eigenvalue weighted by Crippen LogP contribution is -2.33. The van der Waals surface area contributed by atoms with Gasteiger partial charge in [0.05, 0.1) is 8.45 Å². The van der Waals surface area contributed by atoms with Gasteiger partial charge in [0.2, 0.25) is 0 Å². The Morgan fingerprint density at radius 3 is 3.00 bits per heavy atom. The molecule has 0 aliphatic heterocycles. The van der Waals surface area contributed by atoms with Crippen molar-refractivity contribution in [1.82, 2.24) is 5.32 Å². The summed E-state index contributed by atoms with van der Waals surface area (Å²) in [5, 5.41) is 4.78. The summed E-state index contributed by atoms with van der Waals surface area (Å²) in [5.41, 5.74) is 0.722. The molecule has 1 unspecified atom stereocenters. The Labute approximate surface area is 108 Å². The minimum atomic E-state index is -0.0312. The van der Waals surface area contributed by atoms with Crippen LogP contribution in [0, 0.1) is 15.2 Å². The Bertz CT molecular complexity index is 380. The number of amides is 1. The van der Waals surface area contributed by atoms with E-state index in [1.165, 1.54) is 0 Å². The third kappa shape index (κ3) is 3.84. The molecule has 4 heteroatoms. The molecular formula is C11H12INOS. The largest absolute Gasteiger partial charge is 0.348 e. The van der Waals surface area contributed by atoms with Crippen LogP contribution in [0.4, 0.5) is 0 Å². The molecule has 80 valence electrons. The first-order valence-electron chi connectivity index (χ1n) is 4.65. The SMILES string of the molecule is C#CCC(CC)NC(=O)c1csc(I)c1. The average Bonchev–Trinajstić information content (AvgIpc) is 2.64. The van der Waals surface area contributed by atoms with Crippen molar-refractivity contribution in [1.29, 1.82) is 0 Å². The highest BCUT2D eigenvalue weighted by molar-refractivity contribution is 14.1. The van der Waals surface area contributed by atoms with Crippen LogP contribution in [0.3, 0.4) is 0 Å². The zero-order valence-corrected chi connectivity index (χ0v) is 11.4. The van der Waals surface area contributed by atoms with Gasteiger partial charge in [-0.25, -0.2) is 0 Å². The average molecular weight is 333 g/mol. The molecule has 1 heterocycles. The quantitative estimate of drug-likeness (QED) is 0.666. The standard InChI is InChI=1S/C11H12INOS/c1-3-5-9(4-2)13-11(14)8-6-10(12)15-7-8/h1,6-7,9H,4-5H2,2H3,(H,13,14). The molecule has 1 rings (SSSR count). The number of carbonyl (C=O) groups excluding carboxylic acids is 1. The van der Waals surface area contributed by atoms with Gasteiger partial charge >= 0.3 is 0 Å².